The van der Waals surface area contributed by atoms with Gasteiger partial charge in [-0.1, -0.05) is 6.07 Å². The Morgan fingerprint density at radius 2 is 2.16 bits per heavy atom. The molecule has 1 aromatic carbocycles. The van der Waals surface area contributed by atoms with Crippen molar-refractivity contribution in [2.24, 2.45) is 0 Å². The van der Waals surface area contributed by atoms with Gasteiger partial charge < -0.3 is 14.6 Å². The van der Waals surface area contributed by atoms with Gasteiger partial charge in [-0.25, -0.2) is 18.4 Å². The second-order valence-electron chi connectivity index (χ2n) is 8.59. The van der Waals surface area contributed by atoms with Gasteiger partial charge in [0.1, 0.15) is 23.3 Å². The average molecular weight is 456 g/mol. The second kappa shape index (κ2) is 7.67. The molecule has 10 nitrogen and oxygen atoms in total. The van der Waals surface area contributed by atoms with Crippen LogP contribution in [0.25, 0.3) is 21.9 Å². The fourth-order valence-corrected chi connectivity index (χ4v) is 5.69. The van der Waals surface area contributed by atoms with E-state index in [4.69, 9.17) is 4.74 Å². The summed E-state index contributed by atoms with van der Waals surface area (Å²) in [6, 6.07) is 7.26. The molecular weight excluding hydrogens is 430 g/mol. The maximum absolute atomic E-state index is 12.8. The van der Waals surface area contributed by atoms with Crippen molar-refractivity contribution >= 4 is 37.8 Å². The first-order valence-electron chi connectivity index (χ1n) is 10.5. The van der Waals surface area contributed by atoms with Crippen molar-refractivity contribution in [1.82, 2.24) is 24.6 Å². The molecule has 168 valence electrons. The smallest absolute Gasteiger partial charge is 0.242 e. The molecule has 5 rings (SSSR count). The van der Waals surface area contributed by atoms with Crippen LogP contribution in [-0.4, -0.2) is 80.2 Å². The molecule has 2 N–H and O–H groups in total. The monoisotopic (exact) mass is 455 g/mol. The van der Waals surface area contributed by atoms with Crippen molar-refractivity contribution in [1.29, 1.82) is 5.26 Å². The number of likely N-dealkylation sites (N-methyl/N-ethyl adjacent to an activating group) is 1. The van der Waals surface area contributed by atoms with Crippen LogP contribution >= 0.6 is 0 Å². The molecule has 3 aromatic rings. The maximum Gasteiger partial charge on any atom is 0.242 e. The molecule has 0 radical (unpaired) electrons. The molecule has 2 aromatic heterocycles. The molecule has 2 fully saturated rings. The van der Waals surface area contributed by atoms with Gasteiger partial charge in [-0.3, -0.25) is 4.90 Å². The number of nitrogens with one attached hydrogen (secondary N) is 2. The number of nitrogens with zero attached hydrogens (tertiary/aromatic N) is 5. The van der Waals surface area contributed by atoms with E-state index >= 15 is 0 Å². The molecule has 1 unspecified atom stereocenters. The standard InChI is InChI=1S/C21H25N7O3S/c1-27-7-8-28(10-14(27)11-31-2)20-18-16-4-3-15(9-17(16)25-19(18)23-13-24-20)32(29,30)26-21(12-22)5-6-21/h3-4,9,13-14,26H,5-8,10-11H2,1-2H3,(H,23,24,25). The summed E-state index contributed by atoms with van der Waals surface area (Å²) in [4.78, 5) is 16.8. The maximum atomic E-state index is 12.8. The van der Waals surface area contributed by atoms with Crippen LogP contribution in [-0.2, 0) is 14.8 Å². The Hall–Kier alpha value is -2.78. The molecule has 1 saturated heterocycles. The lowest BCUT2D eigenvalue weighted by Crippen LogP contribution is -2.53. The van der Waals surface area contributed by atoms with Crippen LogP contribution in [0.1, 0.15) is 12.8 Å². The SMILES string of the molecule is COCC1CN(c2ncnc3[nH]c4cc(S(=O)(=O)NC5(C#N)CC5)ccc4c23)CCN1C. The Kier molecular flexibility index (Phi) is 5.05. The third kappa shape index (κ3) is 3.59. The van der Waals surface area contributed by atoms with E-state index in [0.29, 0.717) is 30.6 Å². The first kappa shape index (κ1) is 21.1. The lowest BCUT2D eigenvalue weighted by Gasteiger charge is -2.39. The van der Waals surface area contributed by atoms with Crippen LogP contribution in [0.2, 0.25) is 0 Å². The van der Waals surface area contributed by atoms with Gasteiger partial charge >= 0.3 is 0 Å². The van der Waals surface area contributed by atoms with Crippen molar-refractivity contribution in [3.8, 4) is 6.07 Å². The largest absolute Gasteiger partial charge is 0.383 e. The molecule has 2 aliphatic rings. The van der Waals surface area contributed by atoms with Gasteiger partial charge in [0, 0.05) is 37.6 Å². The zero-order valence-electron chi connectivity index (χ0n) is 18.0. The number of hydrogen-bond donors (Lipinski definition) is 2. The summed E-state index contributed by atoms with van der Waals surface area (Å²) in [6.45, 7) is 3.11. The van der Waals surface area contributed by atoms with Gasteiger partial charge in [-0.15, -0.1) is 0 Å². The number of hydrogen-bond acceptors (Lipinski definition) is 8. The molecular formula is C21H25N7O3S. The first-order valence-corrected chi connectivity index (χ1v) is 12.0. The minimum atomic E-state index is -3.81. The summed E-state index contributed by atoms with van der Waals surface area (Å²) in [5.74, 6) is 0.825. The summed E-state index contributed by atoms with van der Waals surface area (Å²) in [6.07, 6.45) is 2.59. The van der Waals surface area contributed by atoms with Crippen molar-refractivity contribution in [3.05, 3.63) is 24.5 Å². The van der Waals surface area contributed by atoms with Crippen molar-refractivity contribution < 1.29 is 13.2 Å². The summed E-state index contributed by atoms with van der Waals surface area (Å²) >= 11 is 0. The predicted molar refractivity (Wildman–Crippen MR) is 120 cm³/mol. The topological polar surface area (TPSA) is 127 Å². The highest BCUT2D eigenvalue weighted by Gasteiger charge is 2.46. The molecule has 3 heterocycles. The zero-order valence-corrected chi connectivity index (χ0v) is 18.8. The lowest BCUT2D eigenvalue weighted by atomic mass is 10.1. The Labute approximate surface area is 186 Å². The van der Waals surface area contributed by atoms with E-state index in [1.165, 1.54) is 6.33 Å². The molecule has 0 bridgehead atoms. The summed E-state index contributed by atoms with van der Waals surface area (Å²) in [5.41, 5.74) is 0.354. The summed E-state index contributed by atoms with van der Waals surface area (Å²) < 4.78 is 33.6. The van der Waals surface area contributed by atoms with Gasteiger partial charge in [0.15, 0.2) is 0 Å². The second-order valence-corrected chi connectivity index (χ2v) is 10.3. The van der Waals surface area contributed by atoms with E-state index in [1.807, 2.05) is 0 Å². The van der Waals surface area contributed by atoms with Gasteiger partial charge in [0.2, 0.25) is 10.0 Å². The molecule has 1 aliphatic carbocycles. The number of H-pyrrole nitrogens is 1. The first-order chi connectivity index (χ1) is 15.4. The van der Waals surface area contributed by atoms with Crippen LogP contribution in [0, 0.1) is 11.3 Å². The number of nitriles is 1. The molecule has 1 saturated carbocycles. The van der Waals surface area contributed by atoms with Crippen molar-refractivity contribution in [2.75, 3.05) is 45.3 Å². The zero-order chi connectivity index (χ0) is 22.5. The third-order valence-electron chi connectivity index (χ3n) is 6.38. The predicted octanol–water partition coefficient (Wildman–Crippen LogP) is 1.21. The quantitative estimate of drug-likeness (QED) is 0.568. The van der Waals surface area contributed by atoms with E-state index in [0.717, 1.165) is 36.2 Å². The van der Waals surface area contributed by atoms with E-state index in [9.17, 15) is 13.7 Å². The number of rotatable bonds is 6. The fraction of sp³-hybridized carbons (Fsp3) is 0.476. The minimum Gasteiger partial charge on any atom is -0.383 e. The Morgan fingerprint density at radius 1 is 1.34 bits per heavy atom. The van der Waals surface area contributed by atoms with Gasteiger partial charge in [0.25, 0.3) is 0 Å². The van der Waals surface area contributed by atoms with E-state index in [2.05, 4.69) is 42.6 Å². The highest BCUT2D eigenvalue weighted by molar-refractivity contribution is 7.89. The minimum absolute atomic E-state index is 0.118. The van der Waals surface area contributed by atoms with Crippen LogP contribution in [0.5, 0.6) is 0 Å². The molecule has 11 heteroatoms. The number of benzene rings is 1. The Morgan fingerprint density at radius 3 is 2.88 bits per heavy atom. The Balaban J connectivity index is 1.53. The average Bonchev–Trinajstić information content (AvgIpc) is 3.44. The van der Waals surface area contributed by atoms with Gasteiger partial charge in [-0.2, -0.15) is 9.98 Å². The van der Waals surface area contributed by atoms with Crippen molar-refractivity contribution in [2.45, 2.75) is 29.3 Å². The number of piperazine rings is 1. The molecule has 0 amide bonds. The molecule has 1 atom stereocenters. The third-order valence-corrected chi connectivity index (χ3v) is 7.91. The van der Waals surface area contributed by atoms with Gasteiger partial charge in [-0.05, 0) is 32.0 Å². The number of aromatic nitrogens is 3. The lowest BCUT2D eigenvalue weighted by molar-refractivity contribution is 0.0986. The summed E-state index contributed by atoms with van der Waals surface area (Å²) in [7, 11) is -0.00570. The Bertz CT molecular complexity index is 1330. The van der Waals surface area contributed by atoms with E-state index in [1.54, 1.807) is 25.3 Å². The number of anilines is 1. The fourth-order valence-electron chi connectivity index (χ4n) is 4.29. The van der Waals surface area contributed by atoms with E-state index in [-0.39, 0.29) is 10.9 Å². The number of ether oxygens (including phenoxy) is 1. The molecule has 1 aliphatic heterocycles. The van der Waals surface area contributed by atoms with Gasteiger partial charge in [0.05, 0.1) is 29.0 Å². The normalized spacial score (nSPS) is 21.2. The van der Waals surface area contributed by atoms with Crippen LogP contribution in [0.4, 0.5) is 5.82 Å². The number of fused-ring (bicyclic) bond motifs is 3. The molecule has 0 spiro atoms. The number of aromatic amines is 1. The van der Waals surface area contributed by atoms with Crippen LogP contribution in [0.15, 0.2) is 29.4 Å². The van der Waals surface area contributed by atoms with E-state index < -0.39 is 15.6 Å². The highest BCUT2D eigenvalue weighted by Crippen LogP contribution is 2.37. The number of sulfonamides is 1. The molecule has 32 heavy (non-hydrogen) atoms. The van der Waals surface area contributed by atoms with Crippen LogP contribution < -0.4 is 9.62 Å². The summed E-state index contributed by atoms with van der Waals surface area (Å²) in [5, 5.41) is 11.0. The van der Waals surface area contributed by atoms with Crippen molar-refractivity contribution in [3.63, 3.8) is 0 Å². The van der Waals surface area contributed by atoms with Crippen LogP contribution in [0.3, 0.4) is 0 Å². The number of methoxy groups -OCH3 is 1. The highest BCUT2D eigenvalue weighted by atomic mass is 32.2.